The number of aromatic nitrogens is 2. The molecule has 0 aliphatic heterocycles. The molecule has 0 amide bonds. The lowest BCUT2D eigenvalue weighted by Gasteiger charge is -2.01. The van der Waals surface area contributed by atoms with Gasteiger partial charge in [-0.15, -0.1) is 0 Å². The number of hydrogen-bond acceptors (Lipinski definition) is 4. The third kappa shape index (κ3) is 4.01. The van der Waals surface area contributed by atoms with Gasteiger partial charge in [-0.25, -0.2) is 0 Å². The molecule has 0 saturated carbocycles. The highest BCUT2D eigenvalue weighted by atomic mass is 32.2. The number of nitrogens with zero attached hydrogens (tertiary/aromatic N) is 2. The van der Waals surface area contributed by atoms with Crippen LogP contribution in [0.4, 0.5) is 0 Å². The Bertz CT molecular complexity index is 423. The van der Waals surface area contributed by atoms with Crippen molar-refractivity contribution in [3.63, 3.8) is 0 Å². The Balaban J connectivity index is 2.54. The van der Waals surface area contributed by atoms with Crippen molar-refractivity contribution < 1.29 is 12.6 Å². The average molecular weight is 232 g/mol. The van der Waals surface area contributed by atoms with Gasteiger partial charge >= 0.3 is 0 Å². The third-order valence-corrected chi connectivity index (χ3v) is 2.64. The van der Waals surface area contributed by atoms with Crippen molar-refractivity contribution >= 4 is 10.1 Å². The Labute approximate surface area is 90.2 Å². The minimum absolute atomic E-state index is 0.168. The fourth-order valence-electron chi connectivity index (χ4n) is 1.28. The summed E-state index contributed by atoms with van der Waals surface area (Å²) >= 11 is 0. The Morgan fingerprint density at radius 1 is 1.53 bits per heavy atom. The van der Waals surface area contributed by atoms with Gasteiger partial charge in [0.25, 0.3) is 10.1 Å². The molecule has 1 rings (SSSR count). The van der Waals surface area contributed by atoms with Crippen molar-refractivity contribution in [2.24, 2.45) is 7.05 Å². The van der Waals surface area contributed by atoms with Crippen LogP contribution in [0.5, 0.6) is 0 Å². The first-order chi connectivity index (χ1) is 6.92. The summed E-state index contributed by atoms with van der Waals surface area (Å²) in [7, 11) is -1.49. The van der Waals surface area contributed by atoms with Crippen molar-refractivity contribution in [2.75, 3.05) is 12.9 Å². The second-order valence-electron chi connectivity index (χ2n) is 3.38. The lowest BCUT2D eigenvalue weighted by Crippen LogP contribution is -2.08. The van der Waals surface area contributed by atoms with Gasteiger partial charge in [0.1, 0.15) is 0 Å². The van der Waals surface area contributed by atoms with Crippen LogP contribution in [-0.4, -0.2) is 31.1 Å². The number of aryl methyl sites for hydroxylation is 2. The zero-order valence-corrected chi connectivity index (χ0v) is 10.0. The standard InChI is InChI=1S/C9H16N2O3S/c1-4-8-7-9(11(2)10-8)5-6-14-15(3,12)13/h7H,4-6H2,1-3H3. The molecule has 0 aliphatic carbocycles. The SMILES string of the molecule is CCc1cc(CCOS(C)(=O)=O)n(C)n1. The van der Waals surface area contributed by atoms with E-state index in [4.69, 9.17) is 0 Å². The monoisotopic (exact) mass is 232 g/mol. The molecule has 0 saturated heterocycles. The molecule has 1 aromatic rings. The highest BCUT2D eigenvalue weighted by Gasteiger charge is 2.06. The Kier molecular flexibility index (Phi) is 3.87. The maximum absolute atomic E-state index is 10.7. The fourth-order valence-corrected chi connectivity index (χ4v) is 1.66. The molecule has 5 nitrogen and oxygen atoms in total. The first-order valence-corrected chi connectivity index (χ1v) is 6.60. The molecule has 0 fully saturated rings. The van der Waals surface area contributed by atoms with Crippen LogP contribution in [0.3, 0.4) is 0 Å². The highest BCUT2D eigenvalue weighted by molar-refractivity contribution is 7.85. The summed E-state index contributed by atoms with van der Waals surface area (Å²) < 4.78 is 27.9. The molecule has 1 aromatic heterocycles. The lowest BCUT2D eigenvalue weighted by atomic mass is 10.2. The summed E-state index contributed by atoms with van der Waals surface area (Å²) in [6.07, 6.45) is 2.48. The first-order valence-electron chi connectivity index (χ1n) is 4.78. The molecular formula is C9H16N2O3S. The second kappa shape index (κ2) is 4.76. The average Bonchev–Trinajstić information content (AvgIpc) is 2.45. The highest BCUT2D eigenvalue weighted by Crippen LogP contribution is 2.05. The summed E-state index contributed by atoms with van der Waals surface area (Å²) in [6.45, 7) is 2.20. The minimum Gasteiger partial charge on any atom is -0.272 e. The van der Waals surface area contributed by atoms with Crippen LogP contribution < -0.4 is 0 Å². The van der Waals surface area contributed by atoms with Gasteiger partial charge in [-0.05, 0) is 12.5 Å². The van der Waals surface area contributed by atoms with E-state index < -0.39 is 10.1 Å². The quantitative estimate of drug-likeness (QED) is 0.694. The van der Waals surface area contributed by atoms with Gasteiger partial charge < -0.3 is 0 Å². The van der Waals surface area contributed by atoms with Crippen LogP contribution in [0.2, 0.25) is 0 Å². The largest absolute Gasteiger partial charge is 0.272 e. The third-order valence-electron chi connectivity index (χ3n) is 2.05. The van der Waals surface area contributed by atoms with Gasteiger partial charge in [-0.3, -0.25) is 8.86 Å². The predicted octanol–water partition coefficient (Wildman–Crippen LogP) is 0.501. The van der Waals surface area contributed by atoms with E-state index in [2.05, 4.69) is 9.28 Å². The molecule has 0 aliphatic rings. The molecule has 0 unspecified atom stereocenters. The van der Waals surface area contributed by atoms with E-state index in [-0.39, 0.29) is 6.61 Å². The maximum atomic E-state index is 10.7. The summed E-state index contributed by atoms with van der Waals surface area (Å²) in [5.74, 6) is 0. The van der Waals surface area contributed by atoms with Gasteiger partial charge in [0.15, 0.2) is 0 Å². The molecule has 0 spiro atoms. The van der Waals surface area contributed by atoms with Crippen molar-refractivity contribution in [1.82, 2.24) is 9.78 Å². The van der Waals surface area contributed by atoms with E-state index in [1.165, 1.54) is 0 Å². The molecule has 86 valence electrons. The van der Waals surface area contributed by atoms with E-state index in [1.807, 2.05) is 20.0 Å². The molecule has 6 heteroatoms. The Morgan fingerprint density at radius 3 is 2.67 bits per heavy atom. The zero-order chi connectivity index (χ0) is 11.5. The fraction of sp³-hybridized carbons (Fsp3) is 0.667. The van der Waals surface area contributed by atoms with Crippen LogP contribution in [-0.2, 0) is 34.2 Å². The lowest BCUT2D eigenvalue weighted by molar-refractivity contribution is 0.322. The van der Waals surface area contributed by atoms with E-state index in [0.717, 1.165) is 24.1 Å². The topological polar surface area (TPSA) is 61.2 Å². The molecule has 0 aromatic carbocycles. The molecule has 0 bridgehead atoms. The van der Waals surface area contributed by atoms with Crippen LogP contribution >= 0.6 is 0 Å². The Morgan fingerprint density at radius 2 is 2.20 bits per heavy atom. The summed E-state index contributed by atoms with van der Waals surface area (Å²) in [6, 6.07) is 1.96. The van der Waals surface area contributed by atoms with Gasteiger partial charge in [-0.2, -0.15) is 13.5 Å². The predicted molar refractivity (Wildman–Crippen MR) is 57.1 cm³/mol. The molecule has 0 atom stereocenters. The summed E-state index contributed by atoms with van der Waals surface area (Å²) in [4.78, 5) is 0. The molecular weight excluding hydrogens is 216 g/mol. The maximum Gasteiger partial charge on any atom is 0.264 e. The minimum atomic E-state index is -3.34. The van der Waals surface area contributed by atoms with Gasteiger partial charge in [0, 0.05) is 19.2 Å². The van der Waals surface area contributed by atoms with Gasteiger partial charge in [0.05, 0.1) is 18.6 Å². The molecule has 15 heavy (non-hydrogen) atoms. The van der Waals surface area contributed by atoms with Gasteiger partial charge in [-0.1, -0.05) is 6.92 Å². The Hall–Kier alpha value is -0.880. The van der Waals surface area contributed by atoms with E-state index in [0.29, 0.717) is 6.42 Å². The van der Waals surface area contributed by atoms with Gasteiger partial charge in [0.2, 0.25) is 0 Å². The van der Waals surface area contributed by atoms with E-state index >= 15 is 0 Å². The molecule has 0 N–H and O–H groups in total. The van der Waals surface area contributed by atoms with Crippen LogP contribution in [0.25, 0.3) is 0 Å². The van der Waals surface area contributed by atoms with Crippen molar-refractivity contribution in [1.29, 1.82) is 0 Å². The summed E-state index contributed by atoms with van der Waals surface area (Å²) in [5, 5.41) is 4.26. The van der Waals surface area contributed by atoms with Crippen LogP contribution in [0.15, 0.2) is 6.07 Å². The normalized spacial score (nSPS) is 11.9. The molecule has 0 radical (unpaired) electrons. The van der Waals surface area contributed by atoms with E-state index in [9.17, 15) is 8.42 Å². The van der Waals surface area contributed by atoms with E-state index in [1.54, 1.807) is 4.68 Å². The molecule has 1 heterocycles. The van der Waals surface area contributed by atoms with Crippen molar-refractivity contribution in [3.8, 4) is 0 Å². The number of rotatable bonds is 5. The smallest absolute Gasteiger partial charge is 0.264 e. The van der Waals surface area contributed by atoms with Crippen molar-refractivity contribution in [3.05, 3.63) is 17.5 Å². The zero-order valence-electron chi connectivity index (χ0n) is 9.23. The van der Waals surface area contributed by atoms with Crippen LogP contribution in [0.1, 0.15) is 18.3 Å². The second-order valence-corrected chi connectivity index (χ2v) is 5.02. The number of hydrogen-bond donors (Lipinski definition) is 0. The summed E-state index contributed by atoms with van der Waals surface area (Å²) in [5.41, 5.74) is 1.99. The first kappa shape index (κ1) is 12.2. The van der Waals surface area contributed by atoms with Crippen molar-refractivity contribution in [2.45, 2.75) is 19.8 Å². The van der Waals surface area contributed by atoms with Crippen LogP contribution in [0, 0.1) is 0 Å².